The number of carbonyl (C=O) groups is 2. The standard InChI is InChI=1S/C20H21NO4/c1-25-18-4-2-3-15-16(18)10-11-17(15)21-19(22)12-7-13-5-8-14(9-6-13)20(23)24/h2-6,8-9,17H,7,10-12H2,1H3,(H,21,22)(H,23,24). The van der Waals surface area contributed by atoms with Gasteiger partial charge in [-0.15, -0.1) is 0 Å². The lowest BCUT2D eigenvalue weighted by atomic mass is 10.1. The van der Waals surface area contributed by atoms with Gasteiger partial charge in [0.1, 0.15) is 5.75 Å². The molecule has 0 radical (unpaired) electrons. The van der Waals surface area contributed by atoms with E-state index >= 15 is 0 Å². The van der Waals surface area contributed by atoms with Crippen molar-refractivity contribution in [1.82, 2.24) is 5.32 Å². The molecule has 1 atom stereocenters. The van der Waals surface area contributed by atoms with E-state index in [9.17, 15) is 9.59 Å². The van der Waals surface area contributed by atoms with Gasteiger partial charge in [0.2, 0.25) is 5.91 Å². The van der Waals surface area contributed by atoms with Crippen molar-refractivity contribution in [2.45, 2.75) is 31.7 Å². The number of carbonyl (C=O) groups excluding carboxylic acids is 1. The number of benzene rings is 2. The van der Waals surface area contributed by atoms with Crippen LogP contribution in [0.25, 0.3) is 0 Å². The molecule has 2 aromatic rings. The van der Waals surface area contributed by atoms with E-state index in [1.54, 1.807) is 31.4 Å². The number of hydrogen-bond acceptors (Lipinski definition) is 3. The Morgan fingerprint density at radius 3 is 2.64 bits per heavy atom. The van der Waals surface area contributed by atoms with E-state index in [1.807, 2.05) is 18.2 Å². The third-order valence-electron chi connectivity index (χ3n) is 4.62. The molecule has 3 rings (SSSR count). The lowest BCUT2D eigenvalue weighted by Crippen LogP contribution is -2.27. The van der Waals surface area contributed by atoms with Gasteiger partial charge in [0, 0.05) is 6.42 Å². The van der Waals surface area contributed by atoms with Crippen LogP contribution in [-0.4, -0.2) is 24.1 Å². The normalized spacial score (nSPS) is 15.5. The molecule has 1 aliphatic carbocycles. The van der Waals surface area contributed by atoms with E-state index in [4.69, 9.17) is 9.84 Å². The summed E-state index contributed by atoms with van der Waals surface area (Å²) in [6.07, 6.45) is 2.75. The molecule has 0 heterocycles. The molecule has 1 aliphatic rings. The van der Waals surface area contributed by atoms with Crippen LogP contribution in [0.4, 0.5) is 0 Å². The predicted molar refractivity (Wildman–Crippen MR) is 93.9 cm³/mol. The molecule has 130 valence electrons. The highest BCUT2D eigenvalue weighted by Crippen LogP contribution is 2.36. The zero-order valence-corrected chi connectivity index (χ0v) is 14.1. The van der Waals surface area contributed by atoms with Crippen molar-refractivity contribution < 1.29 is 19.4 Å². The quantitative estimate of drug-likeness (QED) is 0.848. The first-order chi connectivity index (χ1) is 12.1. The van der Waals surface area contributed by atoms with Gasteiger partial charge in [-0.3, -0.25) is 4.79 Å². The van der Waals surface area contributed by atoms with Gasteiger partial charge >= 0.3 is 5.97 Å². The Bertz CT molecular complexity index is 783. The zero-order chi connectivity index (χ0) is 17.8. The number of rotatable bonds is 6. The molecule has 0 aromatic heterocycles. The topological polar surface area (TPSA) is 75.6 Å². The molecule has 2 aromatic carbocycles. The number of fused-ring (bicyclic) bond motifs is 1. The highest BCUT2D eigenvalue weighted by Gasteiger charge is 2.26. The minimum Gasteiger partial charge on any atom is -0.496 e. The molecular formula is C20H21NO4. The van der Waals surface area contributed by atoms with Crippen LogP contribution >= 0.6 is 0 Å². The molecule has 0 saturated heterocycles. The first-order valence-electron chi connectivity index (χ1n) is 8.36. The van der Waals surface area contributed by atoms with Crippen LogP contribution < -0.4 is 10.1 Å². The lowest BCUT2D eigenvalue weighted by Gasteiger charge is -2.15. The maximum atomic E-state index is 12.3. The Hall–Kier alpha value is -2.82. The van der Waals surface area contributed by atoms with E-state index in [0.717, 1.165) is 29.7 Å². The molecule has 25 heavy (non-hydrogen) atoms. The number of aromatic carboxylic acids is 1. The number of carboxylic acids is 1. The van der Waals surface area contributed by atoms with Gasteiger partial charge in [-0.05, 0) is 54.2 Å². The van der Waals surface area contributed by atoms with Crippen molar-refractivity contribution in [2.75, 3.05) is 7.11 Å². The molecule has 0 saturated carbocycles. The summed E-state index contributed by atoms with van der Waals surface area (Å²) < 4.78 is 5.39. The molecule has 0 spiro atoms. The fourth-order valence-corrected chi connectivity index (χ4v) is 3.30. The van der Waals surface area contributed by atoms with Crippen LogP contribution in [0.3, 0.4) is 0 Å². The monoisotopic (exact) mass is 339 g/mol. The summed E-state index contributed by atoms with van der Waals surface area (Å²) in [5, 5.41) is 12.0. The number of carboxylic acid groups (broad SMARTS) is 1. The fraction of sp³-hybridized carbons (Fsp3) is 0.300. The maximum Gasteiger partial charge on any atom is 0.335 e. The van der Waals surface area contributed by atoms with Gasteiger partial charge in [-0.2, -0.15) is 0 Å². The molecule has 5 heteroatoms. The zero-order valence-electron chi connectivity index (χ0n) is 14.1. The van der Waals surface area contributed by atoms with Gasteiger partial charge in [0.25, 0.3) is 0 Å². The van der Waals surface area contributed by atoms with Crippen molar-refractivity contribution in [3.05, 3.63) is 64.7 Å². The molecule has 5 nitrogen and oxygen atoms in total. The van der Waals surface area contributed by atoms with Crippen molar-refractivity contribution in [3.8, 4) is 5.75 Å². The van der Waals surface area contributed by atoms with Crippen molar-refractivity contribution in [2.24, 2.45) is 0 Å². The summed E-state index contributed by atoms with van der Waals surface area (Å²) in [4.78, 5) is 23.1. The number of hydrogen-bond donors (Lipinski definition) is 2. The number of methoxy groups -OCH3 is 1. The summed E-state index contributed by atoms with van der Waals surface area (Å²) in [7, 11) is 1.66. The van der Waals surface area contributed by atoms with E-state index in [0.29, 0.717) is 12.8 Å². The largest absolute Gasteiger partial charge is 0.496 e. The Balaban J connectivity index is 1.57. The summed E-state index contributed by atoms with van der Waals surface area (Å²) in [5.74, 6) is -0.0598. The minimum absolute atomic E-state index is 0.00276. The van der Waals surface area contributed by atoms with E-state index in [-0.39, 0.29) is 17.5 Å². The second kappa shape index (κ2) is 7.38. The van der Waals surface area contributed by atoms with E-state index in [2.05, 4.69) is 5.32 Å². The van der Waals surface area contributed by atoms with Crippen LogP contribution in [0.5, 0.6) is 5.75 Å². The van der Waals surface area contributed by atoms with Gasteiger partial charge < -0.3 is 15.2 Å². The maximum absolute atomic E-state index is 12.3. The summed E-state index contributed by atoms with van der Waals surface area (Å²) in [6.45, 7) is 0. The van der Waals surface area contributed by atoms with Crippen LogP contribution in [0.2, 0.25) is 0 Å². The molecule has 1 unspecified atom stereocenters. The Morgan fingerprint density at radius 1 is 1.20 bits per heavy atom. The van der Waals surface area contributed by atoms with E-state index in [1.165, 1.54) is 5.56 Å². The number of amides is 1. The molecule has 1 amide bonds. The van der Waals surface area contributed by atoms with Crippen molar-refractivity contribution in [1.29, 1.82) is 0 Å². The fourth-order valence-electron chi connectivity index (χ4n) is 3.30. The smallest absolute Gasteiger partial charge is 0.335 e. The lowest BCUT2D eigenvalue weighted by molar-refractivity contribution is -0.121. The van der Waals surface area contributed by atoms with Crippen molar-refractivity contribution >= 4 is 11.9 Å². The SMILES string of the molecule is COc1cccc2c1CCC2NC(=O)CCc1ccc(C(=O)O)cc1. The second-order valence-corrected chi connectivity index (χ2v) is 6.19. The Morgan fingerprint density at radius 2 is 1.96 bits per heavy atom. The van der Waals surface area contributed by atoms with Crippen LogP contribution in [0.1, 0.15) is 45.9 Å². The average molecular weight is 339 g/mol. The van der Waals surface area contributed by atoms with Gasteiger partial charge in [0.05, 0.1) is 18.7 Å². The highest BCUT2D eigenvalue weighted by atomic mass is 16.5. The summed E-state index contributed by atoms with van der Waals surface area (Å²) in [5.41, 5.74) is 3.52. The Kier molecular flexibility index (Phi) is 5.03. The van der Waals surface area contributed by atoms with Gasteiger partial charge in [-0.1, -0.05) is 24.3 Å². The third-order valence-corrected chi connectivity index (χ3v) is 4.62. The number of nitrogens with one attached hydrogen (secondary N) is 1. The van der Waals surface area contributed by atoms with Crippen molar-refractivity contribution in [3.63, 3.8) is 0 Å². The van der Waals surface area contributed by atoms with Crippen LogP contribution in [0.15, 0.2) is 42.5 Å². The second-order valence-electron chi connectivity index (χ2n) is 6.19. The first-order valence-corrected chi connectivity index (χ1v) is 8.36. The van der Waals surface area contributed by atoms with Crippen LogP contribution in [-0.2, 0) is 17.6 Å². The van der Waals surface area contributed by atoms with E-state index < -0.39 is 5.97 Å². The number of aryl methyl sites for hydroxylation is 1. The number of ether oxygens (including phenoxy) is 1. The predicted octanol–water partition coefficient (Wildman–Crippen LogP) is 3.13. The van der Waals surface area contributed by atoms with Gasteiger partial charge in [-0.25, -0.2) is 4.79 Å². The minimum atomic E-state index is -0.945. The molecule has 0 fully saturated rings. The average Bonchev–Trinajstić information content (AvgIpc) is 3.03. The molecular weight excluding hydrogens is 318 g/mol. The molecule has 0 aliphatic heterocycles. The highest BCUT2D eigenvalue weighted by molar-refractivity contribution is 5.87. The molecule has 0 bridgehead atoms. The summed E-state index contributed by atoms with van der Waals surface area (Å²) >= 11 is 0. The summed E-state index contributed by atoms with van der Waals surface area (Å²) in [6, 6.07) is 12.6. The first kappa shape index (κ1) is 17.0. The van der Waals surface area contributed by atoms with Crippen LogP contribution in [0, 0.1) is 0 Å². The van der Waals surface area contributed by atoms with Gasteiger partial charge in [0.15, 0.2) is 0 Å². The third kappa shape index (κ3) is 3.82. The molecule has 2 N–H and O–H groups in total. The Labute approximate surface area is 146 Å².